The molecule has 1 atom stereocenters. The monoisotopic (exact) mass is 353 g/mol. The number of nitrogens with one attached hydrogen (secondary N) is 1. The number of benzene rings is 1. The van der Waals surface area contributed by atoms with Gasteiger partial charge in [0.1, 0.15) is 0 Å². The van der Waals surface area contributed by atoms with E-state index in [2.05, 4.69) is 21.2 Å². The predicted octanol–water partition coefficient (Wildman–Crippen LogP) is 3.10. The molecule has 0 aliphatic heterocycles. The molecule has 0 radical (unpaired) electrons. The number of hydrogen-bond donors (Lipinski definition) is 2. The van der Waals surface area contributed by atoms with E-state index >= 15 is 0 Å². The lowest BCUT2D eigenvalue weighted by Crippen LogP contribution is -2.39. The van der Waals surface area contributed by atoms with Gasteiger partial charge in [-0.05, 0) is 37.0 Å². The van der Waals surface area contributed by atoms with E-state index in [1.54, 1.807) is 0 Å². The molecule has 1 saturated carbocycles. The summed E-state index contributed by atoms with van der Waals surface area (Å²) in [6.07, 6.45) is 3.02. The largest absolute Gasteiger partial charge is 0.481 e. The maximum absolute atomic E-state index is 12.5. The molecule has 1 amide bonds. The van der Waals surface area contributed by atoms with Crippen molar-refractivity contribution < 1.29 is 14.7 Å². The van der Waals surface area contributed by atoms with Gasteiger partial charge in [-0.2, -0.15) is 0 Å². The molecule has 1 unspecified atom stereocenters. The van der Waals surface area contributed by atoms with Gasteiger partial charge in [-0.15, -0.1) is 0 Å². The fraction of sp³-hybridized carbons (Fsp3) is 0.500. The molecule has 1 aromatic rings. The average molecular weight is 354 g/mol. The molecular weight excluding hydrogens is 334 g/mol. The van der Waals surface area contributed by atoms with Gasteiger partial charge < -0.3 is 10.4 Å². The number of rotatable bonds is 7. The second kappa shape index (κ2) is 6.60. The topological polar surface area (TPSA) is 66.4 Å². The van der Waals surface area contributed by atoms with Crippen molar-refractivity contribution in [1.82, 2.24) is 5.32 Å². The first kappa shape index (κ1) is 16.0. The van der Waals surface area contributed by atoms with Crippen LogP contribution in [0.3, 0.4) is 0 Å². The van der Waals surface area contributed by atoms with Crippen molar-refractivity contribution in [3.05, 3.63) is 34.3 Å². The third kappa shape index (κ3) is 3.64. The van der Waals surface area contributed by atoms with Crippen molar-refractivity contribution in [2.75, 3.05) is 6.54 Å². The van der Waals surface area contributed by atoms with Crippen LogP contribution in [-0.2, 0) is 15.0 Å². The van der Waals surface area contributed by atoms with Crippen LogP contribution in [0.15, 0.2) is 28.7 Å². The number of halogens is 1. The molecule has 2 N–H and O–H groups in total. The van der Waals surface area contributed by atoms with Crippen molar-refractivity contribution in [2.45, 2.75) is 38.0 Å². The Kier molecular flexibility index (Phi) is 5.04. The summed E-state index contributed by atoms with van der Waals surface area (Å²) in [7, 11) is 0. The molecule has 1 aliphatic carbocycles. The first-order valence-electron chi connectivity index (χ1n) is 7.27. The third-order valence-electron chi connectivity index (χ3n) is 4.06. The molecule has 114 valence electrons. The molecule has 0 heterocycles. The van der Waals surface area contributed by atoms with Crippen LogP contribution in [0, 0.1) is 5.92 Å². The molecular formula is C16H20BrNO3. The number of carboxylic acid groups (broad SMARTS) is 1. The Morgan fingerprint density at radius 1 is 1.43 bits per heavy atom. The van der Waals surface area contributed by atoms with Gasteiger partial charge in [0, 0.05) is 11.0 Å². The Bertz CT molecular complexity index is 540. The van der Waals surface area contributed by atoms with Crippen LogP contribution >= 0.6 is 15.9 Å². The van der Waals surface area contributed by atoms with Gasteiger partial charge in [-0.1, -0.05) is 41.4 Å². The molecule has 1 aliphatic rings. The number of carbonyl (C=O) groups is 2. The highest BCUT2D eigenvalue weighted by Gasteiger charge is 2.51. The van der Waals surface area contributed by atoms with E-state index in [0.717, 1.165) is 29.3 Å². The smallest absolute Gasteiger partial charge is 0.308 e. The van der Waals surface area contributed by atoms with Crippen molar-refractivity contribution in [2.24, 2.45) is 5.92 Å². The Morgan fingerprint density at radius 2 is 2.14 bits per heavy atom. The molecule has 0 spiro atoms. The zero-order chi connectivity index (χ0) is 15.5. The minimum Gasteiger partial charge on any atom is -0.481 e. The SMILES string of the molecule is CCCC(CNC(=O)C1(c2cccc(Br)c2)CC1)C(=O)O. The van der Waals surface area contributed by atoms with Gasteiger partial charge >= 0.3 is 5.97 Å². The van der Waals surface area contributed by atoms with Crippen molar-refractivity contribution >= 4 is 27.8 Å². The summed E-state index contributed by atoms with van der Waals surface area (Å²) in [4.78, 5) is 23.6. The fourth-order valence-corrected chi connectivity index (χ4v) is 3.00. The van der Waals surface area contributed by atoms with Gasteiger partial charge in [0.15, 0.2) is 0 Å². The maximum atomic E-state index is 12.5. The van der Waals surface area contributed by atoms with E-state index in [-0.39, 0.29) is 12.5 Å². The molecule has 1 aromatic carbocycles. The first-order valence-corrected chi connectivity index (χ1v) is 8.06. The number of carboxylic acids is 1. The standard InChI is InChI=1S/C16H20BrNO3/c1-2-4-11(14(19)20)10-18-15(21)16(7-8-16)12-5-3-6-13(17)9-12/h3,5-6,9,11H,2,4,7-8,10H2,1H3,(H,18,21)(H,19,20). The van der Waals surface area contributed by atoms with E-state index in [1.807, 2.05) is 31.2 Å². The summed E-state index contributed by atoms with van der Waals surface area (Å²) in [5, 5.41) is 12.0. The second-order valence-corrected chi connectivity index (χ2v) is 6.54. The zero-order valence-corrected chi connectivity index (χ0v) is 13.6. The highest BCUT2D eigenvalue weighted by atomic mass is 79.9. The van der Waals surface area contributed by atoms with Crippen LogP contribution in [-0.4, -0.2) is 23.5 Å². The molecule has 0 bridgehead atoms. The lowest BCUT2D eigenvalue weighted by Gasteiger charge is -2.18. The van der Waals surface area contributed by atoms with Crippen molar-refractivity contribution in [3.63, 3.8) is 0 Å². The molecule has 21 heavy (non-hydrogen) atoms. The second-order valence-electron chi connectivity index (χ2n) is 5.63. The van der Waals surface area contributed by atoms with E-state index in [9.17, 15) is 9.59 Å². The minimum absolute atomic E-state index is 0.0528. The summed E-state index contributed by atoms with van der Waals surface area (Å²) in [6.45, 7) is 2.15. The molecule has 4 nitrogen and oxygen atoms in total. The Balaban J connectivity index is 2.01. The third-order valence-corrected chi connectivity index (χ3v) is 4.55. The number of carbonyl (C=O) groups excluding carboxylic acids is 1. The van der Waals surface area contributed by atoms with Crippen LogP contribution < -0.4 is 5.32 Å². The maximum Gasteiger partial charge on any atom is 0.308 e. The minimum atomic E-state index is -0.843. The first-order chi connectivity index (χ1) is 9.99. The Hall–Kier alpha value is -1.36. The lowest BCUT2D eigenvalue weighted by molar-refractivity contribution is -0.142. The van der Waals surface area contributed by atoms with Gasteiger partial charge in [-0.25, -0.2) is 0 Å². The van der Waals surface area contributed by atoms with Gasteiger partial charge in [0.2, 0.25) is 5.91 Å². The van der Waals surface area contributed by atoms with Gasteiger partial charge in [-0.3, -0.25) is 9.59 Å². The van der Waals surface area contributed by atoms with Crippen LogP contribution in [0.25, 0.3) is 0 Å². The summed E-state index contributed by atoms with van der Waals surface area (Å²) >= 11 is 3.42. The highest BCUT2D eigenvalue weighted by molar-refractivity contribution is 9.10. The summed E-state index contributed by atoms with van der Waals surface area (Å²) in [6, 6.07) is 7.77. The Labute approximate surface area is 133 Å². The number of hydrogen-bond acceptors (Lipinski definition) is 2. The van der Waals surface area contributed by atoms with Crippen molar-refractivity contribution in [3.8, 4) is 0 Å². The molecule has 1 fully saturated rings. The lowest BCUT2D eigenvalue weighted by atomic mass is 9.94. The summed E-state index contributed by atoms with van der Waals surface area (Å²) in [5.41, 5.74) is 0.538. The van der Waals surface area contributed by atoms with Crippen LogP contribution in [0.5, 0.6) is 0 Å². The van der Waals surface area contributed by atoms with Crippen molar-refractivity contribution in [1.29, 1.82) is 0 Å². The number of aliphatic carboxylic acids is 1. The van der Waals surface area contributed by atoms with Crippen LogP contribution in [0.1, 0.15) is 38.2 Å². The molecule has 0 aromatic heterocycles. The van der Waals surface area contributed by atoms with Crippen LogP contribution in [0.4, 0.5) is 0 Å². The van der Waals surface area contributed by atoms with Crippen LogP contribution in [0.2, 0.25) is 0 Å². The summed E-state index contributed by atoms with van der Waals surface area (Å²) < 4.78 is 0.952. The van der Waals surface area contributed by atoms with E-state index in [1.165, 1.54) is 0 Å². The highest BCUT2D eigenvalue weighted by Crippen LogP contribution is 2.48. The normalized spacial score (nSPS) is 17.0. The zero-order valence-electron chi connectivity index (χ0n) is 12.1. The average Bonchev–Trinajstić information content (AvgIpc) is 3.24. The molecule has 2 rings (SSSR count). The van der Waals surface area contributed by atoms with Gasteiger partial charge in [0.05, 0.1) is 11.3 Å². The van der Waals surface area contributed by atoms with E-state index in [0.29, 0.717) is 6.42 Å². The number of amides is 1. The molecule has 5 heteroatoms. The van der Waals surface area contributed by atoms with Gasteiger partial charge in [0.25, 0.3) is 0 Å². The predicted molar refractivity (Wildman–Crippen MR) is 84.1 cm³/mol. The summed E-state index contributed by atoms with van der Waals surface area (Å²) in [5.74, 6) is -1.40. The fourth-order valence-electron chi connectivity index (χ4n) is 2.60. The Morgan fingerprint density at radius 3 is 2.67 bits per heavy atom. The molecule has 0 saturated heterocycles. The quantitative estimate of drug-likeness (QED) is 0.791. The van der Waals surface area contributed by atoms with E-state index in [4.69, 9.17) is 5.11 Å². The van der Waals surface area contributed by atoms with E-state index < -0.39 is 17.3 Å².